The summed E-state index contributed by atoms with van der Waals surface area (Å²) in [5.74, 6) is -0.112. The molecule has 0 saturated carbocycles. The lowest BCUT2D eigenvalue weighted by Gasteiger charge is -2.14. The lowest BCUT2D eigenvalue weighted by molar-refractivity contribution is 0.101. The van der Waals surface area contributed by atoms with Crippen LogP contribution >= 0.6 is 0 Å². The second-order valence-corrected chi connectivity index (χ2v) is 4.47. The Balaban J connectivity index is 2.25. The highest BCUT2D eigenvalue weighted by molar-refractivity contribution is 6.04. The zero-order chi connectivity index (χ0) is 13.8. The molecule has 0 aliphatic rings. The molecule has 0 aliphatic carbocycles. The quantitative estimate of drug-likeness (QED) is 0.884. The predicted molar refractivity (Wildman–Crippen MR) is 78.2 cm³/mol. The number of anilines is 1. The van der Waals surface area contributed by atoms with Crippen molar-refractivity contribution in [1.29, 1.82) is 0 Å². The lowest BCUT2D eigenvalue weighted by Crippen LogP contribution is -2.25. The summed E-state index contributed by atoms with van der Waals surface area (Å²) in [6.07, 6.45) is 0. The molecule has 1 amide bonds. The molecule has 2 N–H and O–H groups in total. The van der Waals surface area contributed by atoms with Gasteiger partial charge in [-0.05, 0) is 45.0 Å². The van der Waals surface area contributed by atoms with Crippen LogP contribution in [-0.2, 0) is 0 Å². The summed E-state index contributed by atoms with van der Waals surface area (Å²) in [5.41, 5.74) is 6.43. The maximum absolute atomic E-state index is 12.3. The Hall–Kier alpha value is -2.23. The highest BCUT2D eigenvalue weighted by Crippen LogP contribution is 2.15. The number of hydrogen-bond acceptors (Lipinski definition) is 2. The van der Waals surface area contributed by atoms with Crippen LogP contribution in [-0.4, -0.2) is 17.1 Å². The molecule has 0 radical (unpaired) electrons. The summed E-state index contributed by atoms with van der Waals surface area (Å²) in [5, 5.41) is 3.20. The zero-order valence-corrected chi connectivity index (χ0v) is 11.5. The summed E-state index contributed by atoms with van der Waals surface area (Å²) in [6, 6.07) is 11.5. The van der Waals surface area contributed by atoms with E-state index in [1.165, 1.54) is 0 Å². The molecule has 0 fully saturated rings. The summed E-state index contributed by atoms with van der Waals surface area (Å²) in [7, 11) is 0. The Morgan fingerprint density at radius 3 is 2.37 bits per heavy atom. The van der Waals surface area contributed by atoms with Gasteiger partial charge in [0.25, 0.3) is 5.91 Å². The normalized spacial score (nSPS) is 10.3. The molecule has 2 aromatic rings. The molecular formula is C15H19N3O. The maximum atomic E-state index is 12.3. The summed E-state index contributed by atoms with van der Waals surface area (Å²) in [4.78, 5) is 12.3. The van der Waals surface area contributed by atoms with Crippen molar-refractivity contribution >= 4 is 11.6 Å². The van der Waals surface area contributed by atoms with Crippen LogP contribution in [0.15, 0.2) is 36.4 Å². The molecule has 100 valence electrons. The number of para-hydroxylation sites is 1. The Labute approximate surface area is 113 Å². The van der Waals surface area contributed by atoms with E-state index < -0.39 is 0 Å². The van der Waals surface area contributed by atoms with E-state index in [-0.39, 0.29) is 5.91 Å². The first-order chi connectivity index (χ1) is 9.13. The molecule has 1 aromatic heterocycles. The van der Waals surface area contributed by atoms with E-state index >= 15 is 0 Å². The average molecular weight is 257 g/mol. The number of aryl methyl sites for hydroxylation is 2. The van der Waals surface area contributed by atoms with Gasteiger partial charge < -0.3 is 5.32 Å². The van der Waals surface area contributed by atoms with Crippen molar-refractivity contribution in [3.63, 3.8) is 0 Å². The highest BCUT2D eigenvalue weighted by atomic mass is 16.2. The third-order valence-corrected chi connectivity index (χ3v) is 3.02. The lowest BCUT2D eigenvalue weighted by atomic mass is 10.1. The average Bonchev–Trinajstić information content (AvgIpc) is 2.71. The predicted octanol–water partition coefficient (Wildman–Crippen LogP) is 2.92. The summed E-state index contributed by atoms with van der Waals surface area (Å²) in [6.45, 7) is 6.72. The van der Waals surface area contributed by atoms with Gasteiger partial charge in [-0.25, -0.2) is 0 Å². The Morgan fingerprint density at radius 2 is 1.74 bits per heavy atom. The van der Waals surface area contributed by atoms with Crippen molar-refractivity contribution in [1.82, 2.24) is 4.68 Å². The van der Waals surface area contributed by atoms with Crippen LogP contribution in [0.25, 0.3) is 0 Å². The number of amides is 1. The van der Waals surface area contributed by atoms with Crippen LogP contribution in [0.1, 0.15) is 28.7 Å². The van der Waals surface area contributed by atoms with Crippen molar-refractivity contribution in [2.45, 2.75) is 20.8 Å². The second-order valence-electron chi connectivity index (χ2n) is 4.47. The fraction of sp³-hybridized carbons (Fsp3) is 0.267. The van der Waals surface area contributed by atoms with Crippen LogP contribution in [0.2, 0.25) is 0 Å². The number of benzene rings is 1. The molecule has 0 bridgehead atoms. The standard InChI is InChI=1S/C15H19N3O/c1-4-16-14-8-6-5-7-13(14)15(19)17-18-11(2)9-10-12(18)3/h5-10,16H,4H2,1-3H3,(H,17,19). The fourth-order valence-electron chi connectivity index (χ4n) is 2.03. The summed E-state index contributed by atoms with van der Waals surface area (Å²) < 4.78 is 1.80. The van der Waals surface area contributed by atoms with Crippen molar-refractivity contribution < 1.29 is 4.79 Å². The van der Waals surface area contributed by atoms with Gasteiger partial charge in [-0.2, -0.15) is 0 Å². The number of aromatic nitrogens is 1. The van der Waals surface area contributed by atoms with Gasteiger partial charge in [0.1, 0.15) is 0 Å². The van der Waals surface area contributed by atoms with Crippen LogP contribution in [0.4, 0.5) is 5.69 Å². The van der Waals surface area contributed by atoms with Gasteiger partial charge >= 0.3 is 0 Å². The number of rotatable bonds is 4. The van der Waals surface area contributed by atoms with Gasteiger partial charge in [-0.3, -0.25) is 14.9 Å². The maximum Gasteiger partial charge on any atom is 0.272 e. The molecule has 1 heterocycles. The van der Waals surface area contributed by atoms with Gasteiger partial charge in [0.15, 0.2) is 0 Å². The molecule has 4 nitrogen and oxygen atoms in total. The number of carbonyl (C=O) groups is 1. The molecule has 0 spiro atoms. The third kappa shape index (κ3) is 2.78. The fourth-order valence-corrected chi connectivity index (χ4v) is 2.03. The summed E-state index contributed by atoms with van der Waals surface area (Å²) >= 11 is 0. The second kappa shape index (κ2) is 5.61. The van der Waals surface area contributed by atoms with E-state index in [2.05, 4.69) is 10.7 Å². The molecule has 19 heavy (non-hydrogen) atoms. The van der Waals surface area contributed by atoms with E-state index in [0.29, 0.717) is 5.56 Å². The molecule has 0 unspecified atom stereocenters. The minimum absolute atomic E-state index is 0.112. The molecule has 1 aromatic carbocycles. The van der Waals surface area contributed by atoms with E-state index in [0.717, 1.165) is 23.6 Å². The SMILES string of the molecule is CCNc1ccccc1C(=O)Nn1c(C)ccc1C. The van der Waals surface area contributed by atoms with E-state index in [1.54, 1.807) is 4.68 Å². The largest absolute Gasteiger partial charge is 0.385 e. The van der Waals surface area contributed by atoms with E-state index in [9.17, 15) is 4.79 Å². The van der Waals surface area contributed by atoms with Crippen molar-refractivity contribution in [3.05, 3.63) is 53.3 Å². The first kappa shape index (κ1) is 13.2. The van der Waals surface area contributed by atoms with Gasteiger partial charge in [0.05, 0.1) is 5.56 Å². The Bertz CT molecular complexity index is 567. The Kier molecular flexibility index (Phi) is 3.90. The molecular weight excluding hydrogens is 238 g/mol. The number of nitrogens with zero attached hydrogens (tertiary/aromatic N) is 1. The minimum atomic E-state index is -0.112. The smallest absolute Gasteiger partial charge is 0.272 e. The van der Waals surface area contributed by atoms with Crippen molar-refractivity contribution in [2.24, 2.45) is 0 Å². The van der Waals surface area contributed by atoms with Gasteiger partial charge in [-0.15, -0.1) is 0 Å². The van der Waals surface area contributed by atoms with Crippen molar-refractivity contribution in [2.75, 3.05) is 17.3 Å². The van der Waals surface area contributed by atoms with Gasteiger partial charge in [0.2, 0.25) is 0 Å². The number of hydrogen-bond donors (Lipinski definition) is 2. The topological polar surface area (TPSA) is 46.1 Å². The van der Waals surface area contributed by atoms with Crippen LogP contribution in [0, 0.1) is 13.8 Å². The molecule has 0 atom stereocenters. The molecule has 4 heteroatoms. The van der Waals surface area contributed by atoms with E-state index in [1.807, 2.05) is 57.2 Å². The number of carbonyl (C=O) groups excluding carboxylic acids is 1. The van der Waals surface area contributed by atoms with Gasteiger partial charge in [-0.1, -0.05) is 12.1 Å². The third-order valence-electron chi connectivity index (χ3n) is 3.02. The van der Waals surface area contributed by atoms with Gasteiger partial charge in [0, 0.05) is 23.6 Å². The van der Waals surface area contributed by atoms with E-state index in [4.69, 9.17) is 0 Å². The molecule has 2 rings (SSSR count). The van der Waals surface area contributed by atoms with Crippen molar-refractivity contribution in [3.8, 4) is 0 Å². The number of nitrogens with one attached hydrogen (secondary N) is 2. The first-order valence-electron chi connectivity index (χ1n) is 6.42. The molecule has 0 saturated heterocycles. The monoisotopic (exact) mass is 257 g/mol. The minimum Gasteiger partial charge on any atom is -0.385 e. The first-order valence-corrected chi connectivity index (χ1v) is 6.42. The van der Waals surface area contributed by atoms with Crippen LogP contribution < -0.4 is 10.7 Å². The molecule has 0 aliphatic heterocycles. The van der Waals surface area contributed by atoms with Crippen LogP contribution in [0.5, 0.6) is 0 Å². The Morgan fingerprint density at radius 1 is 1.11 bits per heavy atom. The zero-order valence-electron chi connectivity index (χ0n) is 11.5. The van der Waals surface area contributed by atoms with Crippen LogP contribution in [0.3, 0.4) is 0 Å². The highest BCUT2D eigenvalue weighted by Gasteiger charge is 2.12.